The van der Waals surface area contributed by atoms with Crippen molar-refractivity contribution in [3.05, 3.63) is 30.5 Å². The predicted molar refractivity (Wildman–Crippen MR) is 51.0 cm³/mol. The molecule has 0 bridgehead atoms. The molecule has 4 nitrogen and oxygen atoms in total. The second-order valence-electron chi connectivity index (χ2n) is 2.70. The minimum atomic E-state index is -0.0272. The molecule has 0 saturated carbocycles. The molecule has 0 fully saturated rings. The molecule has 0 amide bonds. The van der Waals surface area contributed by atoms with E-state index in [0.29, 0.717) is 5.88 Å². The SMILES string of the molecule is OCCOc1cnc2cc[c-]cc2n1.[Y]. The van der Waals surface area contributed by atoms with E-state index in [1.54, 1.807) is 12.1 Å². The summed E-state index contributed by atoms with van der Waals surface area (Å²) in [7, 11) is 0. The summed E-state index contributed by atoms with van der Waals surface area (Å²) in [6.45, 7) is 0.206. The van der Waals surface area contributed by atoms with Crippen LogP contribution in [0.4, 0.5) is 0 Å². The molecular formula is C10H9N2O2Y-. The third kappa shape index (κ3) is 3.19. The molecule has 15 heavy (non-hydrogen) atoms. The van der Waals surface area contributed by atoms with E-state index in [0.717, 1.165) is 11.0 Å². The zero-order valence-corrected chi connectivity index (χ0v) is 10.9. The molecule has 1 aromatic heterocycles. The van der Waals surface area contributed by atoms with Gasteiger partial charge < -0.3 is 9.84 Å². The van der Waals surface area contributed by atoms with E-state index >= 15 is 0 Å². The summed E-state index contributed by atoms with van der Waals surface area (Å²) >= 11 is 0. The first-order chi connectivity index (χ1) is 6.90. The van der Waals surface area contributed by atoms with E-state index in [9.17, 15) is 0 Å². The molecule has 1 aromatic carbocycles. The van der Waals surface area contributed by atoms with Gasteiger partial charge >= 0.3 is 0 Å². The molecule has 0 aliphatic heterocycles. The fourth-order valence-electron chi connectivity index (χ4n) is 1.10. The van der Waals surface area contributed by atoms with Gasteiger partial charge in [-0.25, -0.2) is 0 Å². The summed E-state index contributed by atoms with van der Waals surface area (Å²) in [6.07, 6.45) is 1.54. The Labute approximate surface area is 113 Å². The van der Waals surface area contributed by atoms with Gasteiger partial charge in [0.1, 0.15) is 6.61 Å². The number of aromatic nitrogens is 2. The number of nitrogens with zero attached hydrogens (tertiary/aromatic N) is 2. The molecule has 0 aliphatic rings. The van der Waals surface area contributed by atoms with Gasteiger partial charge in [-0.15, -0.1) is 12.1 Å². The average molecular weight is 278 g/mol. The van der Waals surface area contributed by atoms with Gasteiger partial charge in [0.05, 0.1) is 12.8 Å². The van der Waals surface area contributed by atoms with Gasteiger partial charge in [-0.2, -0.15) is 12.1 Å². The first-order valence-electron chi connectivity index (χ1n) is 4.26. The number of aliphatic hydroxyl groups excluding tert-OH is 1. The summed E-state index contributed by atoms with van der Waals surface area (Å²) in [5.41, 5.74) is 1.54. The van der Waals surface area contributed by atoms with Crippen molar-refractivity contribution in [2.75, 3.05) is 13.2 Å². The van der Waals surface area contributed by atoms with Gasteiger partial charge in [0.15, 0.2) is 0 Å². The first-order valence-corrected chi connectivity index (χ1v) is 4.26. The number of hydrogen-bond donors (Lipinski definition) is 1. The van der Waals surface area contributed by atoms with Crippen molar-refractivity contribution in [3.8, 4) is 5.88 Å². The number of hydrogen-bond acceptors (Lipinski definition) is 4. The van der Waals surface area contributed by atoms with Crippen molar-refractivity contribution in [1.29, 1.82) is 0 Å². The molecule has 0 spiro atoms. The van der Waals surface area contributed by atoms with Crippen LogP contribution in [0.3, 0.4) is 0 Å². The maximum Gasteiger partial charge on any atom is 0.220 e. The summed E-state index contributed by atoms with van der Waals surface area (Å²) in [5.74, 6) is 0.422. The average Bonchev–Trinajstić information content (AvgIpc) is 2.26. The number of benzene rings is 1. The fourth-order valence-corrected chi connectivity index (χ4v) is 1.10. The van der Waals surface area contributed by atoms with Crippen molar-refractivity contribution < 1.29 is 42.6 Å². The van der Waals surface area contributed by atoms with Gasteiger partial charge in [-0.1, -0.05) is 0 Å². The van der Waals surface area contributed by atoms with Crippen LogP contribution < -0.4 is 4.74 Å². The summed E-state index contributed by atoms with van der Waals surface area (Å²) in [5, 5.41) is 8.56. The molecule has 75 valence electrons. The van der Waals surface area contributed by atoms with E-state index in [-0.39, 0.29) is 45.9 Å². The molecule has 0 aliphatic carbocycles. The maximum absolute atomic E-state index is 8.56. The smallest absolute Gasteiger partial charge is 0.220 e. The van der Waals surface area contributed by atoms with Crippen LogP contribution in [0.25, 0.3) is 11.0 Å². The zero-order valence-electron chi connectivity index (χ0n) is 8.05. The Morgan fingerprint density at radius 1 is 1.40 bits per heavy atom. The molecular weight excluding hydrogens is 269 g/mol. The van der Waals surface area contributed by atoms with Crippen molar-refractivity contribution in [1.82, 2.24) is 9.97 Å². The van der Waals surface area contributed by atoms with Gasteiger partial charge in [-0.05, 0) is 11.0 Å². The molecule has 0 saturated heterocycles. The summed E-state index contributed by atoms with van der Waals surface area (Å²) in [4.78, 5) is 8.33. The van der Waals surface area contributed by atoms with Crippen LogP contribution in [0, 0.1) is 6.07 Å². The second-order valence-corrected chi connectivity index (χ2v) is 2.70. The molecule has 1 heterocycles. The Kier molecular flexibility index (Phi) is 5.08. The second kappa shape index (κ2) is 6.10. The number of fused-ring (bicyclic) bond motifs is 1. The number of rotatable bonds is 3. The van der Waals surface area contributed by atoms with Crippen LogP contribution in [0.15, 0.2) is 24.4 Å². The third-order valence-electron chi connectivity index (χ3n) is 1.71. The Morgan fingerprint density at radius 2 is 2.27 bits per heavy atom. The molecule has 0 atom stereocenters. The van der Waals surface area contributed by atoms with E-state index in [1.165, 1.54) is 6.20 Å². The van der Waals surface area contributed by atoms with Crippen LogP contribution in [-0.2, 0) is 32.7 Å². The molecule has 2 rings (SSSR count). The molecule has 2 aromatic rings. The molecule has 0 unspecified atom stereocenters. The molecule has 5 heteroatoms. The van der Waals surface area contributed by atoms with Crippen LogP contribution in [0.2, 0.25) is 0 Å². The van der Waals surface area contributed by atoms with Gasteiger partial charge in [-0.3, -0.25) is 9.97 Å². The summed E-state index contributed by atoms with van der Waals surface area (Å²) < 4.78 is 5.13. The van der Waals surface area contributed by atoms with Crippen molar-refractivity contribution in [3.63, 3.8) is 0 Å². The summed E-state index contributed by atoms with van der Waals surface area (Å²) in [6, 6.07) is 8.27. The normalized spacial score (nSPS) is 9.67. The quantitative estimate of drug-likeness (QED) is 0.844. The predicted octanol–water partition coefficient (Wildman–Crippen LogP) is 0.799. The standard InChI is InChI=1S/C10H9N2O2.Y/c13-5-6-14-10-7-11-8-3-1-2-4-9(8)12-10;/h1,3-4,7,13H,5-6H2;/q-1;. The number of aliphatic hydroxyl groups is 1. The Morgan fingerprint density at radius 3 is 3.07 bits per heavy atom. The van der Waals surface area contributed by atoms with E-state index < -0.39 is 0 Å². The Bertz CT molecular complexity index is 436. The third-order valence-corrected chi connectivity index (χ3v) is 1.71. The van der Waals surface area contributed by atoms with Crippen LogP contribution in [0.5, 0.6) is 5.88 Å². The minimum Gasteiger partial charge on any atom is -0.475 e. The van der Waals surface area contributed by atoms with Crippen LogP contribution in [0.1, 0.15) is 0 Å². The van der Waals surface area contributed by atoms with Gasteiger partial charge in [0.2, 0.25) is 5.88 Å². The fraction of sp³-hybridized carbons (Fsp3) is 0.200. The Balaban J connectivity index is 0.00000112. The first kappa shape index (κ1) is 12.5. The maximum atomic E-state index is 8.56. The molecule has 1 N–H and O–H groups in total. The number of ether oxygens (including phenoxy) is 1. The van der Waals surface area contributed by atoms with Gasteiger partial charge in [0, 0.05) is 32.7 Å². The topological polar surface area (TPSA) is 55.2 Å². The van der Waals surface area contributed by atoms with Gasteiger partial charge in [0.25, 0.3) is 0 Å². The zero-order chi connectivity index (χ0) is 9.80. The van der Waals surface area contributed by atoms with Crippen LogP contribution >= 0.6 is 0 Å². The largest absolute Gasteiger partial charge is 0.475 e. The Hall–Kier alpha value is -0.576. The van der Waals surface area contributed by atoms with E-state index in [2.05, 4.69) is 16.0 Å². The molecule has 1 radical (unpaired) electrons. The van der Waals surface area contributed by atoms with Crippen molar-refractivity contribution in [2.24, 2.45) is 0 Å². The van der Waals surface area contributed by atoms with Crippen LogP contribution in [-0.4, -0.2) is 28.3 Å². The van der Waals surface area contributed by atoms with E-state index in [4.69, 9.17) is 9.84 Å². The van der Waals surface area contributed by atoms with E-state index in [1.807, 2.05) is 6.07 Å². The monoisotopic (exact) mass is 278 g/mol. The minimum absolute atomic E-state index is 0. The van der Waals surface area contributed by atoms with Crippen molar-refractivity contribution >= 4 is 11.0 Å². The van der Waals surface area contributed by atoms with Crippen molar-refractivity contribution in [2.45, 2.75) is 0 Å².